The molecule has 6 aromatic rings. The molecule has 0 radical (unpaired) electrons. The number of pyridine rings is 2. The minimum absolute atomic E-state index is 0.0946. The number of para-hydroxylation sites is 2. The minimum Gasteiger partial charge on any atom is -0.502 e. The van der Waals surface area contributed by atoms with E-state index in [0.29, 0.717) is 63.1 Å². The van der Waals surface area contributed by atoms with Crippen molar-refractivity contribution in [2.75, 3.05) is 49.7 Å². The van der Waals surface area contributed by atoms with E-state index in [4.69, 9.17) is 9.47 Å². The van der Waals surface area contributed by atoms with Crippen LogP contribution in [-0.2, 0) is 0 Å². The number of amides is 2. The second kappa shape index (κ2) is 17.6. The average molecular weight is 871 g/mol. The number of hydrogen-bond acceptors (Lipinski definition) is 10. The molecule has 6 heterocycles. The van der Waals surface area contributed by atoms with Crippen molar-refractivity contribution in [1.82, 2.24) is 19.2 Å². The molecule has 0 spiro atoms. The number of carbonyl (C=O) groups is 2. The van der Waals surface area contributed by atoms with E-state index in [1.807, 2.05) is 70.7 Å². The number of benzene rings is 4. The third kappa shape index (κ3) is 7.64. The molecule has 10 rings (SSSR count). The maximum atomic E-state index is 14.9. The van der Waals surface area contributed by atoms with Gasteiger partial charge in [0.1, 0.15) is 25.4 Å². The van der Waals surface area contributed by atoms with Gasteiger partial charge in [-0.05, 0) is 48.9 Å². The zero-order chi connectivity index (χ0) is 44.5. The van der Waals surface area contributed by atoms with Crippen molar-refractivity contribution < 1.29 is 38.1 Å². The van der Waals surface area contributed by atoms with Gasteiger partial charge in [0, 0.05) is 48.7 Å². The predicted octanol–water partition coefficient (Wildman–Crippen LogP) is 6.01. The fourth-order valence-electron chi connectivity index (χ4n) is 8.77. The molecular weight excluding hydrogens is 827 g/mol. The van der Waals surface area contributed by atoms with Gasteiger partial charge in [-0.2, -0.15) is 0 Å². The topological polar surface area (TPSA) is 150 Å². The smallest absolute Gasteiger partial charge is 0.277 e. The number of ether oxygens (including phenoxy) is 2. The summed E-state index contributed by atoms with van der Waals surface area (Å²) >= 11 is 0. The number of rotatable bonds is 2. The quantitative estimate of drug-likeness (QED) is 0.212. The lowest BCUT2D eigenvalue weighted by Gasteiger charge is -2.44. The summed E-state index contributed by atoms with van der Waals surface area (Å²) in [5.74, 6) is -2.61. The van der Waals surface area contributed by atoms with Crippen LogP contribution in [0.1, 0.15) is 81.0 Å². The third-order valence-corrected chi connectivity index (χ3v) is 11.8. The average Bonchev–Trinajstić information content (AvgIpc) is 3.36. The van der Waals surface area contributed by atoms with Crippen LogP contribution >= 0.6 is 0 Å². The largest absolute Gasteiger partial charge is 0.502 e. The standard InChI is InChI=1S/2C24H22FN3O4/c2*25-18-10-6-9-17-20(16-7-2-1-3-8-16)28-15-26(12-4-5-14-32-23(17)18)24(31)21-22(30)19(29)11-13-27(21)28/h2*1-3,6-11,13,20,30H,4-5,12,14-15H2/t2*20-/m10/s1. The SMILES string of the molecule is O=C1c2c(O)c(=O)ccn2N2CN1CCCCOc1c(F)cccc1[C@@H]2c1ccccc1.O=C1c2c(O)c(=O)ccn2N2CN1CCCCOc1c(F)cccc1[C@H]2c1ccccc1. The highest BCUT2D eigenvalue weighted by atomic mass is 19.1. The fourth-order valence-corrected chi connectivity index (χ4v) is 8.77. The van der Waals surface area contributed by atoms with Gasteiger partial charge < -0.3 is 29.5 Å². The number of halogens is 2. The lowest BCUT2D eigenvalue weighted by molar-refractivity contribution is 0.0669. The zero-order valence-electron chi connectivity index (χ0n) is 34.6. The lowest BCUT2D eigenvalue weighted by Crippen LogP contribution is -2.55. The Morgan fingerprint density at radius 2 is 0.906 bits per heavy atom. The minimum atomic E-state index is -0.623. The molecule has 0 unspecified atom stereocenters. The molecular formula is C48H44F2N6O8. The van der Waals surface area contributed by atoms with Crippen LogP contribution in [0.3, 0.4) is 0 Å². The van der Waals surface area contributed by atoms with E-state index in [0.717, 1.165) is 11.1 Å². The van der Waals surface area contributed by atoms with Crippen LogP contribution in [0.4, 0.5) is 8.78 Å². The van der Waals surface area contributed by atoms with Gasteiger partial charge in [-0.25, -0.2) is 8.78 Å². The van der Waals surface area contributed by atoms with Gasteiger partial charge in [0.15, 0.2) is 46.0 Å². The Labute approximate surface area is 365 Å². The van der Waals surface area contributed by atoms with E-state index in [1.54, 1.807) is 34.1 Å². The number of aromatic hydroxyl groups is 2. The molecule has 2 amide bonds. The Hall–Kier alpha value is -7.62. The molecule has 0 fully saturated rings. The van der Waals surface area contributed by atoms with Crippen molar-refractivity contribution in [1.29, 1.82) is 0 Å². The molecule has 4 aliphatic heterocycles. The molecule has 16 heteroatoms. The number of aromatic nitrogens is 2. The highest BCUT2D eigenvalue weighted by Crippen LogP contribution is 2.40. The lowest BCUT2D eigenvalue weighted by atomic mass is 9.96. The van der Waals surface area contributed by atoms with E-state index in [-0.39, 0.29) is 36.2 Å². The maximum Gasteiger partial charge on any atom is 0.277 e. The predicted molar refractivity (Wildman–Crippen MR) is 232 cm³/mol. The van der Waals surface area contributed by atoms with Crippen LogP contribution in [-0.4, -0.2) is 80.8 Å². The van der Waals surface area contributed by atoms with E-state index < -0.39 is 57.9 Å². The van der Waals surface area contributed by atoms with Gasteiger partial charge in [0.2, 0.25) is 10.9 Å². The first-order chi connectivity index (χ1) is 31.1. The van der Waals surface area contributed by atoms with Gasteiger partial charge in [-0.3, -0.25) is 38.5 Å². The van der Waals surface area contributed by atoms with Crippen LogP contribution in [0.25, 0.3) is 0 Å². The van der Waals surface area contributed by atoms with Gasteiger partial charge >= 0.3 is 0 Å². The molecule has 4 aromatic carbocycles. The normalized spacial score (nSPS) is 18.3. The molecule has 2 aromatic heterocycles. The van der Waals surface area contributed by atoms with Gasteiger partial charge in [-0.1, -0.05) is 84.9 Å². The summed E-state index contributed by atoms with van der Waals surface area (Å²) in [4.78, 5) is 53.9. The summed E-state index contributed by atoms with van der Waals surface area (Å²) in [5.41, 5.74) is 1.45. The number of hydrogen-bond donors (Lipinski definition) is 2. The number of nitrogens with zero attached hydrogens (tertiary/aromatic N) is 6. The Morgan fingerprint density at radius 1 is 0.500 bits per heavy atom. The Balaban J connectivity index is 0.000000162. The van der Waals surface area contributed by atoms with Crippen LogP contribution < -0.4 is 30.3 Å². The molecule has 328 valence electrons. The van der Waals surface area contributed by atoms with Gasteiger partial charge in [0.05, 0.1) is 13.2 Å². The second-order valence-corrected chi connectivity index (χ2v) is 15.8. The highest BCUT2D eigenvalue weighted by molar-refractivity contribution is 5.97. The molecule has 4 bridgehead atoms. The van der Waals surface area contributed by atoms with E-state index in [9.17, 15) is 38.2 Å². The summed E-state index contributed by atoms with van der Waals surface area (Å²) < 4.78 is 44.6. The summed E-state index contributed by atoms with van der Waals surface area (Å²) in [6, 6.07) is 29.9. The summed E-state index contributed by atoms with van der Waals surface area (Å²) in [5, 5.41) is 24.7. The van der Waals surface area contributed by atoms with Crippen molar-refractivity contribution in [2.45, 2.75) is 37.8 Å². The molecule has 2 atom stereocenters. The first kappa shape index (κ1) is 41.7. The van der Waals surface area contributed by atoms with Crippen LogP contribution in [0.2, 0.25) is 0 Å². The first-order valence-corrected chi connectivity index (χ1v) is 21.1. The number of fused-ring (bicyclic) bond motifs is 10. The van der Waals surface area contributed by atoms with Crippen molar-refractivity contribution in [3.05, 3.63) is 187 Å². The van der Waals surface area contributed by atoms with Gasteiger partial charge in [-0.15, -0.1) is 0 Å². The van der Waals surface area contributed by atoms with Crippen LogP contribution in [0.15, 0.2) is 131 Å². The monoisotopic (exact) mass is 870 g/mol. The first-order valence-electron chi connectivity index (χ1n) is 21.1. The van der Waals surface area contributed by atoms with Crippen molar-refractivity contribution in [2.24, 2.45) is 0 Å². The van der Waals surface area contributed by atoms with E-state index in [2.05, 4.69) is 0 Å². The van der Waals surface area contributed by atoms with Crippen molar-refractivity contribution in [3.63, 3.8) is 0 Å². The van der Waals surface area contributed by atoms with E-state index >= 15 is 0 Å². The molecule has 0 saturated heterocycles. The summed E-state index contributed by atoms with van der Waals surface area (Å²) in [7, 11) is 0. The zero-order valence-corrected chi connectivity index (χ0v) is 34.6. The van der Waals surface area contributed by atoms with Gasteiger partial charge in [0.25, 0.3) is 11.8 Å². The molecule has 14 nitrogen and oxygen atoms in total. The second-order valence-electron chi connectivity index (χ2n) is 15.8. The van der Waals surface area contributed by atoms with Crippen LogP contribution in [0.5, 0.6) is 23.0 Å². The highest BCUT2D eigenvalue weighted by Gasteiger charge is 2.40. The van der Waals surface area contributed by atoms with Crippen molar-refractivity contribution in [3.8, 4) is 23.0 Å². The molecule has 0 aliphatic carbocycles. The molecule has 4 aliphatic rings. The fraction of sp³-hybridized carbons (Fsp3) is 0.250. The van der Waals surface area contributed by atoms with Crippen LogP contribution in [0, 0.1) is 11.6 Å². The Bertz CT molecular complexity index is 2650. The Kier molecular flexibility index (Phi) is 11.5. The number of carbonyl (C=O) groups excluding carboxylic acids is 2. The molecule has 0 saturated carbocycles. The summed E-state index contributed by atoms with van der Waals surface area (Å²) in [6.45, 7) is 1.86. The third-order valence-electron chi connectivity index (χ3n) is 11.8. The van der Waals surface area contributed by atoms with Crippen molar-refractivity contribution >= 4 is 11.8 Å². The summed E-state index contributed by atoms with van der Waals surface area (Å²) in [6.07, 6.45) is 5.47. The molecule has 64 heavy (non-hydrogen) atoms. The molecule has 2 N–H and O–H groups in total. The van der Waals surface area contributed by atoms with E-state index in [1.165, 1.54) is 46.0 Å². The Morgan fingerprint density at radius 3 is 1.31 bits per heavy atom. The maximum absolute atomic E-state index is 14.9.